The zero-order chi connectivity index (χ0) is 20.5. The number of hydrogen-bond donors (Lipinski definition) is 3. The maximum absolute atomic E-state index is 13.3. The van der Waals surface area contributed by atoms with E-state index in [0.717, 1.165) is 6.42 Å². The Hall–Kier alpha value is -1.52. The Morgan fingerprint density at radius 1 is 1.21 bits per heavy atom. The minimum absolute atomic E-state index is 0.0407. The van der Waals surface area contributed by atoms with Crippen LogP contribution in [0.1, 0.15) is 29.6 Å². The number of halogens is 3. The van der Waals surface area contributed by atoms with Gasteiger partial charge in [0.25, 0.3) is 5.91 Å². The van der Waals surface area contributed by atoms with Gasteiger partial charge in [0.1, 0.15) is 10.7 Å². The van der Waals surface area contributed by atoms with Gasteiger partial charge in [0.05, 0.1) is 15.6 Å². The molecule has 0 heterocycles. The number of sulfonamides is 1. The van der Waals surface area contributed by atoms with Crippen molar-refractivity contribution in [2.24, 2.45) is 0 Å². The number of benzene rings is 2. The van der Waals surface area contributed by atoms with Crippen LogP contribution in [0.4, 0.5) is 10.1 Å². The summed E-state index contributed by atoms with van der Waals surface area (Å²) < 4.78 is 41.3. The SMILES string of the molecule is O=C(Nc1ccc(F)c(Br)c1)c1ccc(Cl)c(S(=O)(=O)NC2CCCC2O)c1. The molecule has 0 aromatic heterocycles. The van der Waals surface area contributed by atoms with Crippen molar-refractivity contribution in [1.82, 2.24) is 4.72 Å². The lowest BCUT2D eigenvalue weighted by atomic mass is 10.2. The van der Waals surface area contributed by atoms with Crippen LogP contribution in [-0.4, -0.2) is 31.6 Å². The van der Waals surface area contributed by atoms with Gasteiger partial charge in [-0.05, 0) is 71.6 Å². The third-order valence-corrected chi connectivity index (χ3v) is 7.03. The number of aliphatic hydroxyl groups excluding tert-OH is 1. The summed E-state index contributed by atoms with van der Waals surface area (Å²) in [7, 11) is -4.03. The Morgan fingerprint density at radius 2 is 1.96 bits per heavy atom. The molecule has 1 saturated carbocycles. The molecule has 3 N–H and O–H groups in total. The van der Waals surface area contributed by atoms with Gasteiger partial charge in [-0.2, -0.15) is 0 Å². The van der Waals surface area contributed by atoms with E-state index in [1.54, 1.807) is 0 Å². The number of amides is 1. The highest BCUT2D eigenvalue weighted by atomic mass is 79.9. The summed E-state index contributed by atoms with van der Waals surface area (Å²) in [6.45, 7) is 0. The molecule has 150 valence electrons. The summed E-state index contributed by atoms with van der Waals surface area (Å²) in [6.07, 6.45) is 1.02. The molecule has 0 radical (unpaired) electrons. The van der Waals surface area contributed by atoms with Gasteiger partial charge < -0.3 is 10.4 Å². The highest BCUT2D eigenvalue weighted by Gasteiger charge is 2.31. The van der Waals surface area contributed by atoms with Gasteiger partial charge in [-0.15, -0.1) is 0 Å². The standard InChI is InChI=1S/C18H17BrClFN2O4S/c19-12-9-11(5-7-14(12)21)22-18(25)10-4-6-13(20)17(8-10)28(26,27)23-15-2-1-3-16(15)24/h4-9,15-16,23-24H,1-3H2,(H,22,25). The van der Waals surface area contributed by atoms with E-state index in [1.165, 1.54) is 36.4 Å². The summed E-state index contributed by atoms with van der Waals surface area (Å²) in [5, 5.41) is 12.4. The Bertz CT molecular complexity index is 1020. The Labute approximate surface area is 175 Å². The minimum Gasteiger partial charge on any atom is -0.391 e. The molecule has 2 aromatic carbocycles. The van der Waals surface area contributed by atoms with E-state index >= 15 is 0 Å². The van der Waals surface area contributed by atoms with Crippen molar-refractivity contribution < 1.29 is 22.7 Å². The first-order valence-electron chi connectivity index (χ1n) is 8.44. The van der Waals surface area contributed by atoms with E-state index in [2.05, 4.69) is 26.0 Å². The van der Waals surface area contributed by atoms with Crippen molar-refractivity contribution in [3.8, 4) is 0 Å². The molecular formula is C18H17BrClFN2O4S. The van der Waals surface area contributed by atoms with Crippen LogP contribution in [0, 0.1) is 5.82 Å². The van der Waals surface area contributed by atoms with Gasteiger partial charge in [0, 0.05) is 17.3 Å². The number of nitrogens with one attached hydrogen (secondary N) is 2. The molecule has 2 atom stereocenters. The molecular weight excluding hydrogens is 475 g/mol. The highest BCUT2D eigenvalue weighted by Crippen LogP contribution is 2.27. The average Bonchev–Trinajstić information content (AvgIpc) is 3.02. The Kier molecular flexibility index (Phi) is 6.41. The van der Waals surface area contributed by atoms with Gasteiger partial charge >= 0.3 is 0 Å². The quantitative estimate of drug-likeness (QED) is 0.594. The van der Waals surface area contributed by atoms with Gasteiger partial charge in [-0.1, -0.05) is 11.6 Å². The van der Waals surface area contributed by atoms with Gasteiger partial charge in [0.2, 0.25) is 10.0 Å². The maximum Gasteiger partial charge on any atom is 0.255 e. The van der Waals surface area contributed by atoms with E-state index in [4.69, 9.17) is 11.6 Å². The predicted octanol–water partition coefficient (Wildman–Crippen LogP) is 3.69. The summed E-state index contributed by atoms with van der Waals surface area (Å²) in [4.78, 5) is 12.2. The normalized spacial score (nSPS) is 19.6. The van der Waals surface area contributed by atoms with Gasteiger partial charge in [-0.25, -0.2) is 17.5 Å². The largest absolute Gasteiger partial charge is 0.391 e. The van der Waals surface area contributed by atoms with Gasteiger partial charge in [-0.3, -0.25) is 4.79 Å². The molecule has 1 fully saturated rings. The molecule has 2 unspecified atom stereocenters. The maximum atomic E-state index is 13.3. The number of carbonyl (C=O) groups excluding carboxylic acids is 1. The molecule has 3 rings (SSSR count). The fraction of sp³-hybridized carbons (Fsp3) is 0.278. The van der Waals surface area contributed by atoms with E-state index in [1.807, 2.05) is 0 Å². The fourth-order valence-electron chi connectivity index (χ4n) is 2.97. The van der Waals surface area contributed by atoms with Crippen molar-refractivity contribution in [2.45, 2.75) is 36.3 Å². The summed E-state index contributed by atoms with van der Waals surface area (Å²) in [5.41, 5.74) is 0.405. The van der Waals surface area contributed by atoms with Crippen molar-refractivity contribution >= 4 is 49.1 Å². The van der Waals surface area contributed by atoms with E-state index in [0.29, 0.717) is 18.5 Å². The van der Waals surface area contributed by atoms with Crippen LogP contribution in [0.5, 0.6) is 0 Å². The second-order valence-electron chi connectivity index (χ2n) is 6.45. The summed E-state index contributed by atoms with van der Waals surface area (Å²) >= 11 is 9.08. The number of carbonyl (C=O) groups is 1. The lowest BCUT2D eigenvalue weighted by Crippen LogP contribution is -2.39. The topological polar surface area (TPSA) is 95.5 Å². The number of aliphatic hydroxyl groups is 1. The summed E-state index contributed by atoms with van der Waals surface area (Å²) in [5.74, 6) is -1.05. The van der Waals surface area contributed by atoms with Gasteiger partial charge in [0.15, 0.2) is 0 Å². The highest BCUT2D eigenvalue weighted by molar-refractivity contribution is 9.10. The molecule has 2 aromatic rings. The van der Waals surface area contributed by atoms with Crippen molar-refractivity contribution in [1.29, 1.82) is 0 Å². The van der Waals surface area contributed by atoms with Crippen LogP contribution in [0.3, 0.4) is 0 Å². The molecule has 10 heteroatoms. The van der Waals surface area contributed by atoms with Crippen LogP contribution in [0.15, 0.2) is 45.8 Å². The molecule has 1 amide bonds. The van der Waals surface area contributed by atoms with Crippen molar-refractivity contribution in [3.05, 3.63) is 57.3 Å². The van der Waals surface area contributed by atoms with Crippen LogP contribution >= 0.6 is 27.5 Å². The van der Waals surface area contributed by atoms with Crippen LogP contribution in [0.2, 0.25) is 5.02 Å². The number of rotatable bonds is 5. The van der Waals surface area contributed by atoms with E-state index in [-0.39, 0.29) is 20.0 Å². The number of hydrogen-bond acceptors (Lipinski definition) is 4. The van der Waals surface area contributed by atoms with Crippen LogP contribution in [0.25, 0.3) is 0 Å². The monoisotopic (exact) mass is 490 g/mol. The first-order chi connectivity index (χ1) is 13.2. The molecule has 0 bridgehead atoms. The first-order valence-corrected chi connectivity index (χ1v) is 11.1. The zero-order valence-corrected chi connectivity index (χ0v) is 17.6. The Morgan fingerprint density at radius 3 is 2.61 bits per heavy atom. The third-order valence-electron chi connectivity index (χ3n) is 4.45. The third kappa shape index (κ3) is 4.72. The van der Waals surface area contributed by atoms with Crippen LogP contribution in [-0.2, 0) is 10.0 Å². The van der Waals surface area contributed by atoms with E-state index in [9.17, 15) is 22.7 Å². The van der Waals surface area contributed by atoms with E-state index < -0.39 is 33.9 Å². The molecule has 0 spiro atoms. The minimum atomic E-state index is -4.03. The second-order valence-corrected chi connectivity index (χ2v) is 9.40. The number of anilines is 1. The Balaban J connectivity index is 1.83. The first kappa shape index (κ1) is 21.2. The van der Waals surface area contributed by atoms with Crippen LogP contribution < -0.4 is 10.0 Å². The molecule has 0 aliphatic heterocycles. The van der Waals surface area contributed by atoms with Crippen molar-refractivity contribution in [2.75, 3.05) is 5.32 Å². The lowest BCUT2D eigenvalue weighted by molar-refractivity contribution is 0.102. The molecule has 28 heavy (non-hydrogen) atoms. The smallest absolute Gasteiger partial charge is 0.255 e. The zero-order valence-electron chi connectivity index (χ0n) is 14.5. The molecule has 0 saturated heterocycles. The summed E-state index contributed by atoms with van der Waals surface area (Å²) in [6, 6.07) is 7.25. The molecule has 1 aliphatic carbocycles. The fourth-order valence-corrected chi connectivity index (χ4v) is 5.18. The average molecular weight is 492 g/mol. The second kappa shape index (κ2) is 8.46. The predicted molar refractivity (Wildman–Crippen MR) is 107 cm³/mol. The van der Waals surface area contributed by atoms with Crippen molar-refractivity contribution in [3.63, 3.8) is 0 Å². The lowest BCUT2D eigenvalue weighted by Gasteiger charge is -2.17. The molecule has 1 aliphatic rings. The molecule has 6 nitrogen and oxygen atoms in total.